The quantitative estimate of drug-likeness (QED) is 0.183. The molecule has 3 aromatic carbocycles. The van der Waals surface area contributed by atoms with Gasteiger partial charge in [0.15, 0.2) is 0 Å². The van der Waals surface area contributed by atoms with Crippen LogP contribution in [0, 0.1) is 10.1 Å². The zero-order chi connectivity index (χ0) is 21.7. The summed E-state index contributed by atoms with van der Waals surface area (Å²) in [6, 6.07) is 20.0. The van der Waals surface area contributed by atoms with Crippen molar-refractivity contribution in [2.45, 2.75) is 5.92 Å². The lowest BCUT2D eigenvalue weighted by Crippen LogP contribution is -2.21. The van der Waals surface area contributed by atoms with E-state index in [1.54, 1.807) is 60.7 Å². The van der Waals surface area contributed by atoms with Crippen LogP contribution in [-0.4, -0.2) is 36.4 Å². The average Bonchev–Trinajstić information content (AvgIpc) is 2.70. The second kappa shape index (κ2) is 9.28. The number of benzene rings is 3. The zero-order valence-corrected chi connectivity index (χ0v) is 15.5. The van der Waals surface area contributed by atoms with Gasteiger partial charge in [0.05, 0.1) is 16.3 Å². The van der Waals surface area contributed by atoms with Crippen molar-refractivity contribution in [2.24, 2.45) is 0 Å². The summed E-state index contributed by atoms with van der Waals surface area (Å²) in [5.74, 6) is -0.285. The van der Waals surface area contributed by atoms with Crippen molar-refractivity contribution in [3.05, 3.63) is 99.6 Å². The van der Waals surface area contributed by atoms with Crippen molar-refractivity contribution >= 4 is 17.1 Å². The van der Waals surface area contributed by atoms with Gasteiger partial charge in [0.2, 0.25) is 0 Å². The fourth-order valence-electron chi connectivity index (χ4n) is 3.10. The van der Waals surface area contributed by atoms with Gasteiger partial charge >= 0.3 is 0 Å². The van der Waals surface area contributed by atoms with E-state index in [0.29, 0.717) is 11.4 Å². The van der Waals surface area contributed by atoms with Crippen LogP contribution < -0.4 is 10.9 Å². The largest absolute Gasteiger partial charge is 0.272 e. The highest BCUT2D eigenvalue weighted by atomic mass is 16.8. The van der Waals surface area contributed by atoms with Crippen LogP contribution in [0.3, 0.4) is 0 Å². The van der Waals surface area contributed by atoms with Gasteiger partial charge in [-0.2, -0.15) is 0 Å². The SMILES string of the molecule is O=[N+]([O-])c1ccc(C(c2ccc(NN(O)O)cc2)c2ccc(NN(O)O)cc2)cc1. The second-order valence-corrected chi connectivity index (χ2v) is 6.33. The number of non-ortho nitro benzene ring substituents is 1. The first-order valence-electron chi connectivity index (χ1n) is 8.67. The molecule has 156 valence electrons. The smallest absolute Gasteiger partial charge is 0.269 e. The van der Waals surface area contributed by atoms with Crippen molar-refractivity contribution in [1.29, 1.82) is 0 Å². The van der Waals surface area contributed by atoms with Gasteiger partial charge < -0.3 is 0 Å². The second-order valence-electron chi connectivity index (χ2n) is 6.33. The minimum atomic E-state index is -0.467. The Kier molecular flexibility index (Phi) is 6.54. The molecule has 11 nitrogen and oxygen atoms in total. The van der Waals surface area contributed by atoms with Gasteiger partial charge in [-0.15, -0.1) is 0 Å². The number of hydrogen-bond acceptors (Lipinski definition) is 10. The van der Waals surface area contributed by atoms with Crippen LogP contribution >= 0.6 is 0 Å². The van der Waals surface area contributed by atoms with Gasteiger partial charge in [-0.1, -0.05) is 36.4 Å². The lowest BCUT2D eigenvalue weighted by Gasteiger charge is -2.20. The minimum Gasteiger partial charge on any atom is -0.272 e. The summed E-state index contributed by atoms with van der Waals surface area (Å²) < 4.78 is 0. The molecule has 0 amide bonds. The van der Waals surface area contributed by atoms with Crippen LogP contribution in [0.25, 0.3) is 0 Å². The Labute approximate surface area is 170 Å². The average molecular weight is 413 g/mol. The first-order valence-corrected chi connectivity index (χ1v) is 8.67. The predicted octanol–water partition coefficient (Wildman–Crippen LogP) is 3.59. The molecule has 0 saturated carbocycles. The Hall–Kier alpha value is -3.58. The summed E-state index contributed by atoms with van der Waals surface area (Å²) in [6.07, 6.45) is 0. The van der Waals surface area contributed by atoms with Crippen molar-refractivity contribution < 1.29 is 25.8 Å². The maximum atomic E-state index is 11.0. The lowest BCUT2D eigenvalue weighted by atomic mass is 9.85. The molecule has 6 N–H and O–H groups in total. The van der Waals surface area contributed by atoms with Crippen LogP contribution in [0.5, 0.6) is 0 Å². The molecule has 0 aliphatic carbocycles. The van der Waals surface area contributed by atoms with Crippen LogP contribution in [0.1, 0.15) is 22.6 Å². The number of nitro benzene ring substituents is 1. The maximum absolute atomic E-state index is 11.0. The predicted molar refractivity (Wildman–Crippen MR) is 105 cm³/mol. The number of hydrogen-bond donors (Lipinski definition) is 6. The molecule has 0 saturated heterocycles. The molecule has 0 atom stereocenters. The van der Waals surface area contributed by atoms with Gasteiger partial charge in [0.1, 0.15) is 0 Å². The number of nitrogens with zero attached hydrogens (tertiary/aromatic N) is 3. The Bertz CT molecular complexity index is 924. The molecule has 30 heavy (non-hydrogen) atoms. The summed E-state index contributed by atoms with van der Waals surface area (Å²) in [6.45, 7) is 0. The Morgan fingerprint density at radius 3 is 1.30 bits per heavy atom. The highest BCUT2D eigenvalue weighted by molar-refractivity contribution is 5.52. The maximum Gasteiger partial charge on any atom is 0.269 e. The monoisotopic (exact) mass is 413 g/mol. The standard InChI is InChI=1S/C19H19N5O6/c25-22(26)18-11-5-15(6-12-18)19(13-1-7-16(8-2-13)20-23(27)28)14-3-9-17(10-4-14)21-24(29)30/h1-12,19-21,27-30H. The van der Waals surface area contributed by atoms with Crippen LogP contribution in [-0.2, 0) is 0 Å². The number of hydrazine groups is 2. The van der Waals surface area contributed by atoms with Crippen molar-refractivity contribution in [3.63, 3.8) is 0 Å². The van der Waals surface area contributed by atoms with E-state index >= 15 is 0 Å². The van der Waals surface area contributed by atoms with E-state index in [2.05, 4.69) is 10.9 Å². The molecule has 0 aliphatic rings. The summed E-state index contributed by atoms with van der Waals surface area (Å²) in [4.78, 5) is 10.5. The highest BCUT2D eigenvalue weighted by Crippen LogP contribution is 2.34. The zero-order valence-electron chi connectivity index (χ0n) is 15.5. The third-order valence-corrected chi connectivity index (χ3v) is 4.38. The van der Waals surface area contributed by atoms with E-state index < -0.39 is 4.92 Å². The third-order valence-electron chi connectivity index (χ3n) is 4.38. The van der Waals surface area contributed by atoms with E-state index in [-0.39, 0.29) is 22.3 Å². The number of nitro groups is 1. The number of rotatable bonds is 8. The summed E-state index contributed by atoms with van der Waals surface area (Å²) in [5.41, 5.74) is 7.98. The Morgan fingerprint density at radius 1 is 0.667 bits per heavy atom. The molecule has 0 radical (unpaired) electrons. The van der Waals surface area contributed by atoms with E-state index in [0.717, 1.165) is 16.7 Å². The van der Waals surface area contributed by atoms with Crippen LogP contribution in [0.15, 0.2) is 72.8 Å². The molecule has 3 aromatic rings. The third kappa shape index (κ3) is 5.27. The lowest BCUT2D eigenvalue weighted by molar-refractivity contribution is -0.384. The number of nitrogens with one attached hydrogen (secondary N) is 2. The van der Waals surface area contributed by atoms with Gasteiger partial charge in [-0.25, -0.2) is 0 Å². The molecule has 0 heterocycles. The molecular weight excluding hydrogens is 394 g/mol. The highest BCUT2D eigenvalue weighted by Gasteiger charge is 2.18. The normalized spacial score (nSPS) is 11.2. The fraction of sp³-hybridized carbons (Fsp3) is 0.0526. The van der Waals surface area contributed by atoms with E-state index in [4.69, 9.17) is 20.8 Å². The molecule has 0 unspecified atom stereocenters. The van der Waals surface area contributed by atoms with Crippen molar-refractivity contribution in [3.8, 4) is 0 Å². The molecule has 0 spiro atoms. The van der Waals surface area contributed by atoms with E-state index in [9.17, 15) is 10.1 Å². The number of anilines is 2. The van der Waals surface area contributed by atoms with Gasteiger partial charge in [-0.3, -0.25) is 41.8 Å². The fourth-order valence-corrected chi connectivity index (χ4v) is 3.10. The molecule has 0 bridgehead atoms. The van der Waals surface area contributed by atoms with Crippen molar-refractivity contribution in [2.75, 3.05) is 10.9 Å². The van der Waals surface area contributed by atoms with Gasteiger partial charge in [0, 0.05) is 28.7 Å². The summed E-state index contributed by atoms with van der Waals surface area (Å²) >= 11 is 0. The Morgan fingerprint density at radius 2 is 1.00 bits per heavy atom. The summed E-state index contributed by atoms with van der Waals surface area (Å²) in [7, 11) is 0. The first-order chi connectivity index (χ1) is 14.3. The van der Waals surface area contributed by atoms with Gasteiger partial charge in [0.25, 0.3) is 5.69 Å². The topological polar surface area (TPSA) is 155 Å². The van der Waals surface area contributed by atoms with Gasteiger partial charge in [-0.05, 0) is 41.0 Å². The molecular formula is C19H19N5O6. The Balaban J connectivity index is 1.99. The van der Waals surface area contributed by atoms with Crippen LogP contribution in [0.2, 0.25) is 0 Å². The van der Waals surface area contributed by atoms with E-state index in [1.165, 1.54) is 12.1 Å². The molecule has 0 aromatic heterocycles. The van der Waals surface area contributed by atoms with Crippen molar-refractivity contribution in [1.82, 2.24) is 10.7 Å². The van der Waals surface area contributed by atoms with E-state index in [1.807, 2.05) is 0 Å². The molecule has 0 aliphatic heterocycles. The molecule has 0 fully saturated rings. The minimum absolute atomic E-state index is 0.0199. The first kappa shape index (κ1) is 21.1. The summed E-state index contributed by atoms with van der Waals surface area (Å²) in [5, 5.41) is 46.2. The van der Waals surface area contributed by atoms with Crippen LogP contribution in [0.4, 0.5) is 17.1 Å². The molecule has 11 heteroatoms. The molecule has 3 rings (SSSR count).